The number of hydrogen-bond donors (Lipinski definition) is 1. The number of carbonyl (C=O) groups is 1. The molecule has 2 rings (SSSR count). The smallest absolute Gasteiger partial charge is 0.274 e. The SMILES string of the molecule is Cc1cc(C)cc(-n2nc(C(=O)N(CC(C)O)C(C)C)cc2C)c1. The fourth-order valence-electron chi connectivity index (χ4n) is 2.87. The molecule has 24 heavy (non-hydrogen) atoms. The Morgan fingerprint density at radius 3 is 2.21 bits per heavy atom. The predicted molar refractivity (Wildman–Crippen MR) is 95.6 cm³/mol. The number of aryl methyl sites for hydroxylation is 3. The third-order valence-electron chi connectivity index (χ3n) is 3.90. The Kier molecular flexibility index (Phi) is 5.44. The molecule has 1 amide bonds. The zero-order valence-corrected chi connectivity index (χ0v) is 15.4. The van der Waals surface area contributed by atoms with Crippen LogP contribution in [0.5, 0.6) is 0 Å². The van der Waals surface area contributed by atoms with Gasteiger partial charge in [-0.3, -0.25) is 4.79 Å². The highest BCUT2D eigenvalue weighted by Crippen LogP contribution is 2.17. The Morgan fingerprint density at radius 1 is 1.12 bits per heavy atom. The zero-order valence-electron chi connectivity index (χ0n) is 15.4. The summed E-state index contributed by atoms with van der Waals surface area (Å²) >= 11 is 0. The molecule has 0 aliphatic carbocycles. The van der Waals surface area contributed by atoms with E-state index < -0.39 is 6.10 Å². The van der Waals surface area contributed by atoms with E-state index in [-0.39, 0.29) is 11.9 Å². The molecule has 1 aromatic carbocycles. The average molecular weight is 329 g/mol. The summed E-state index contributed by atoms with van der Waals surface area (Å²) in [6, 6.07) is 8.02. The van der Waals surface area contributed by atoms with Gasteiger partial charge in [-0.05, 0) is 70.9 Å². The summed E-state index contributed by atoms with van der Waals surface area (Å²) in [6.07, 6.45) is -0.570. The molecular formula is C19H27N3O2. The summed E-state index contributed by atoms with van der Waals surface area (Å²) in [4.78, 5) is 14.4. The van der Waals surface area contributed by atoms with Gasteiger partial charge in [-0.1, -0.05) is 6.07 Å². The van der Waals surface area contributed by atoms with Gasteiger partial charge in [-0.2, -0.15) is 5.10 Å². The molecule has 1 unspecified atom stereocenters. The first-order valence-electron chi connectivity index (χ1n) is 8.33. The lowest BCUT2D eigenvalue weighted by molar-refractivity contribution is 0.0572. The zero-order chi connectivity index (χ0) is 18.0. The van der Waals surface area contributed by atoms with Crippen LogP contribution in [0, 0.1) is 20.8 Å². The predicted octanol–water partition coefficient (Wildman–Crippen LogP) is 3.03. The van der Waals surface area contributed by atoms with Crippen LogP contribution in [0.25, 0.3) is 5.69 Å². The molecule has 5 nitrogen and oxygen atoms in total. The largest absolute Gasteiger partial charge is 0.392 e. The number of benzene rings is 1. The lowest BCUT2D eigenvalue weighted by Crippen LogP contribution is -2.41. The molecule has 1 heterocycles. The number of rotatable bonds is 5. The fourth-order valence-corrected chi connectivity index (χ4v) is 2.87. The van der Waals surface area contributed by atoms with Crippen LogP contribution in [0.15, 0.2) is 24.3 Å². The first-order valence-corrected chi connectivity index (χ1v) is 8.33. The molecule has 0 spiro atoms. The van der Waals surface area contributed by atoms with Gasteiger partial charge in [0.2, 0.25) is 0 Å². The van der Waals surface area contributed by atoms with Gasteiger partial charge in [0, 0.05) is 18.3 Å². The highest BCUT2D eigenvalue weighted by molar-refractivity contribution is 5.92. The molecule has 0 fully saturated rings. The van der Waals surface area contributed by atoms with Gasteiger partial charge >= 0.3 is 0 Å². The minimum atomic E-state index is -0.570. The standard InChI is InChI=1S/C19H27N3O2/c1-12(2)21(11-16(6)23)19(24)18-10-15(5)22(20-18)17-8-13(3)7-14(4)9-17/h7-10,12,16,23H,11H2,1-6H3. The van der Waals surface area contributed by atoms with E-state index in [9.17, 15) is 9.90 Å². The summed E-state index contributed by atoms with van der Waals surface area (Å²) in [6.45, 7) is 11.9. The van der Waals surface area contributed by atoms with E-state index in [2.05, 4.69) is 23.3 Å². The quantitative estimate of drug-likeness (QED) is 0.917. The Labute approximate surface area is 143 Å². The lowest BCUT2D eigenvalue weighted by atomic mass is 10.1. The summed E-state index contributed by atoms with van der Waals surface area (Å²) in [5.41, 5.74) is 4.58. The molecule has 1 atom stereocenters. The van der Waals surface area contributed by atoms with Crippen molar-refractivity contribution in [2.45, 2.75) is 53.7 Å². The molecule has 0 aliphatic rings. The molecule has 0 saturated carbocycles. The average Bonchev–Trinajstić information content (AvgIpc) is 2.84. The summed E-state index contributed by atoms with van der Waals surface area (Å²) in [5, 5.41) is 14.2. The van der Waals surface area contributed by atoms with E-state index in [0.717, 1.165) is 22.5 Å². The fraction of sp³-hybridized carbons (Fsp3) is 0.474. The highest BCUT2D eigenvalue weighted by Gasteiger charge is 2.23. The van der Waals surface area contributed by atoms with Gasteiger partial charge in [-0.25, -0.2) is 4.68 Å². The molecule has 130 valence electrons. The number of aliphatic hydroxyl groups is 1. The third-order valence-corrected chi connectivity index (χ3v) is 3.90. The van der Waals surface area contributed by atoms with Crippen LogP contribution >= 0.6 is 0 Å². The van der Waals surface area contributed by atoms with Crippen LogP contribution in [0.1, 0.15) is 48.1 Å². The van der Waals surface area contributed by atoms with E-state index in [1.165, 1.54) is 0 Å². The summed E-state index contributed by atoms with van der Waals surface area (Å²) in [7, 11) is 0. The van der Waals surface area contributed by atoms with Crippen LogP contribution in [0.2, 0.25) is 0 Å². The first kappa shape index (κ1) is 18.2. The van der Waals surface area contributed by atoms with E-state index in [1.807, 2.05) is 34.6 Å². The summed E-state index contributed by atoms with van der Waals surface area (Å²) < 4.78 is 1.80. The number of nitrogens with zero attached hydrogens (tertiary/aromatic N) is 3. The first-order chi connectivity index (χ1) is 11.2. The maximum Gasteiger partial charge on any atom is 0.274 e. The monoisotopic (exact) mass is 329 g/mol. The van der Waals surface area contributed by atoms with Crippen LogP contribution in [0.3, 0.4) is 0 Å². The van der Waals surface area contributed by atoms with E-state index in [4.69, 9.17) is 0 Å². The minimum absolute atomic E-state index is 0.00114. The molecule has 0 aliphatic heterocycles. The number of hydrogen-bond acceptors (Lipinski definition) is 3. The van der Waals surface area contributed by atoms with Crippen molar-refractivity contribution in [2.75, 3.05) is 6.54 Å². The highest BCUT2D eigenvalue weighted by atomic mass is 16.3. The van der Waals surface area contributed by atoms with Crippen LogP contribution in [-0.4, -0.2) is 44.4 Å². The molecule has 0 radical (unpaired) electrons. The van der Waals surface area contributed by atoms with Gasteiger partial charge in [0.05, 0.1) is 11.8 Å². The molecule has 1 N–H and O–H groups in total. The second-order valence-corrected chi connectivity index (χ2v) is 6.83. The van der Waals surface area contributed by atoms with Crippen LogP contribution < -0.4 is 0 Å². The van der Waals surface area contributed by atoms with Crippen molar-refractivity contribution in [1.29, 1.82) is 0 Å². The van der Waals surface area contributed by atoms with Gasteiger partial charge in [0.15, 0.2) is 5.69 Å². The third kappa shape index (κ3) is 4.03. The van der Waals surface area contributed by atoms with Gasteiger partial charge in [-0.15, -0.1) is 0 Å². The number of amides is 1. The molecule has 2 aromatic rings. The van der Waals surface area contributed by atoms with Crippen molar-refractivity contribution < 1.29 is 9.90 Å². The Hall–Kier alpha value is -2.14. The van der Waals surface area contributed by atoms with Crippen molar-refractivity contribution in [3.05, 3.63) is 46.8 Å². The van der Waals surface area contributed by atoms with Gasteiger partial charge < -0.3 is 10.0 Å². The number of carbonyl (C=O) groups excluding carboxylic acids is 1. The normalized spacial score (nSPS) is 12.5. The van der Waals surface area contributed by atoms with E-state index >= 15 is 0 Å². The Bertz CT molecular complexity index is 712. The van der Waals surface area contributed by atoms with E-state index in [0.29, 0.717) is 12.2 Å². The maximum absolute atomic E-state index is 12.8. The van der Waals surface area contributed by atoms with Crippen molar-refractivity contribution >= 4 is 5.91 Å². The minimum Gasteiger partial charge on any atom is -0.392 e. The molecule has 0 bridgehead atoms. The topological polar surface area (TPSA) is 58.4 Å². The molecular weight excluding hydrogens is 302 g/mol. The van der Waals surface area contributed by atoms with Crippen molar-refractivity contribution in [2.24, 2.45) is 0 Å². The van der Waals surface area contributed by atoms with Crippen molar-refractivity contribution in [1.82, 2.24) is 14.7 Å². The molecule has 5 heteroatoms. The van der Waals surface area contributed by atoms with Crippen LogP contribution in [-0.2, 0) is 0 Å². The second-order valence-electron chi connectivity index (χ2n) is 6.83. The lowest BCUT2D eigenvalue weighted by Gasteiger charge is -2.27. The Morgan fingerprint density at radius 2 is 1.71 bits per heavy atom. The van der Waals surface area contributed by atoms with E-state index in [1.54, 1.807) is 22.6 Å². The Balaban J connectivity index is 2.38. The maximum atomic E-state index is 12.8. The van der Waals surface area contributed by atoms with Crippen LogP contribution in [0.4, 0.5) is 0 Å². The van der Waals surface area contributed by atoms with Gasteiger partial charge in [0.25, 0.3) is 5.91 Å². The number of aromatic nitrogens is 2. The summed E-state index contributed by atoms with van der Waals surface area (Å²) in [5.74, 6) is -0.155. The van der Waals surface area contributed by atoms with Crippen molar-refractivity contribution in [3.63, 3.8) is 0 Å². The second kappa shape index (κ2) is 7.18. The van der Waals surface area contributed by atoms with Gasteiger partial charge in [0.1, 0.15) is 0 Å². The van der Waals surface area contributed by atoms with Crippen molar-refractivity contribution in [3.8, 4) is 5.69 Å². The molecule has 0 saturated heterocycles. The number of aliphatic hydroxyl groups excluding tert-OH is 1. The molecule has 1 aromatic heterocycles.